The zero-order valence-corrected chi connectivity index (χ0v) is 12.0. The smallest absolute Gasteiger partial charge is 0.316 e. The molecule has 6 nitrogen and oxygen atoms in total. The fraction of sp³-hybridized carbons (Fsp3) is 0.643. The summed E-state index contributed by atoms with van der Waals surface area (Å²) in [5.41, 5.74) is 0.501. The van der Waals surface area contributed by atoms with Crippen LogP contribution < -0.4 is 4.74 Å². The van der Waals surface area contributed by atoms with E-state index in [1.807, 2.05) is 4.90 Å². The van der Waals surface area contributed by atoms with Gasteiger partial charge in [-0.15, -0.1) is 0 Å². The Morgan fingerprint density at radius 2 is 2.20 bits per heavy atom. The third kappa shape index (κ3) is 3.66. The van der Waals surface area contributed by atoms with Crippen molar-refractivity contribution in [2.75, 3.05) is 33.4 Å². The predicted octanol–water partition coefficient (Wildman–Crippen LogP) is 1.37. The van der Waals surface area contributed by atoms with E-state index in [-0.39, 0.29) is 11.9 Å². The second kappa shape index (κ2) is 7.19. The van der Waals surface area contributed by atoms with Crippen molar-refractivity contribution >= 4 is 5.91 Å². The molecule has 0 aromatic carbocycles. The Hall–Kier alpha value is -1.69. The molecule has 2 rings (SSSR count). The maximum atomic E-state index is 12.3. The number of hydrogen-bond acceptors (Lipinski definition) is 5. The van der Waals surface area contributed by atoms with Gasteiger partial charge in [-0.25, -0.2) is 9.97 Å². The quantitative estimate of drug-likeness (QED) is 0.736. The molecule has 0 unspecified atom stereocenters. The van der Waals surface area contributed by atoms with Crippen LogP contribution in [-0.4, -0.2) is 54.2 Å². The number of carbonyl (C=O) groups is 1. The van der Waals surface area contributed by atoms with Gasteiger partial charge in [-0.1, -0.05) is 6.92 Å². The highest BCUT2D eigenvalue weighted by atomic mass is 16.5. The first-order valence-electron chi connectivity index (χ1n) is 6.97. The van der Waals surface area contributed by atoms with Gasteiger partial charge in [0.15, 0.2) is 0 Å². The summed E-state index contributed by atoms with van der Waals surface area (Å²) in [6.45, 7) is 5.13. The van der Waals surface area contributed by atoms with Crippen LogP contribution in [0.3, 0.4) is 0 Å². The Morgan fingerprint density at radius 1 is 1.45 bits per heavy atom. The molecule has 0 bridgehead atoms. The molecule has 20 heavy (non-hydrogen) atoms. The molecule has 0 radical (unpaired) electrons. The summed E-state index contributed by atoms with van der Waals surface area (Å²) in [6, 6.07) is 0.272. The minimum atomic E-state index is -0.0226. The van der Waals surface area contributed by atoms with Gasteiger partial charge in [0.2, 0.25) is 0 Å². The van der Waals surface area contributed by atoms with Crippen molar-refractivity contribution in [2.45, 2.75) is 19.8 Å². The molecular weight excluding hydrogens is 258 g/mol. The summed E-state index contributed by atoms with van der Waals surface area (Å²) >= 11 is 0. The zero-order chi connectivity index (χ0) is 14.4. The lowest BCUT2D eigenvalue weighted by Gasteiger charge is -2.16. The van der Waals surface area contributed by atoms with Crippen LogP contribution in [0.4, 0.5) is 0 Å². The van der Waals surface area contributed by atoms with Crippen molar-refractivity contribution < 1.29 is 14.3 Å². The van der Waals surface area contributed by atoms with Gasteiger partial charge in [-0.3, -0.25) is 4.79 Å². The first-order chi connectivity index (χ1) is 9.74. The number of rotatable bonds is 6. The Kier molecular flexibility index (Phi) is 5.29. The highest BCUT2D eigenvalue weighted by molar-refractivity contribution is 5.93. The van der Waals surface area contributed by atoms with Gasteiger partial charge in [0, 0.05) is 38.0 Å². The summed E-state index contributed by atoms with van der Waals surface area (Å²) in [4.78, 5) is 22.1. The van der Waals surface area contributed by atoms with Crippen LogP contribution >= 0.6 is 0 Å². The average molecular weight is 279 g/mol. The number of carbonyl (C=O) groups excluding carboxylic acids is 1. The molecule has 0 aliphatic carbocycles. The first-order valence-corrected chi connectivity index (χ1v) is 6.97. The van der Waals surface area contributed by atoms with Crippen LogP contribution in [0.5, 0.6) is 6.01 Å². The summed E-state index contributed by atoms with van der Waals surface area (Å²) in [5, 5.41) is 0. The summed E-state index contributed by atoms with van der Waals surface area (Å²) in [5.74, 6) is 0.412. The largest absolute Gasteiger partial charge is 0.467 e. The lowest BCUT2D eigenvalue weighted by molar-refractivity contribution is 0.0753. The van der Waals surface area contributed by atoms with E-state index in [9.17, 15) is 4.79 Å². The molecule has 1 aromatic rings. The van der Waals surface area contributed by atoms with E-state index in [1.165, 1.54) is 19.5 Å². The molecule has 1 aliphatic rings. The van der Waals surface area contributed by atoms with Crippen molar-refractivity contribution in [3.8, 4) is 6.01 Å². The van der Waals surface area contributed by atoms with E-state index < -0.39 is 0 Å². The van der Waals surface area contributed by atoms with E-state index in [0.717, 1.165) is 39.1 Å². The van der Waals surface area contributed by atoms with Crippen LogP contribution in [0.1, 0.15) is 30.1 Å². The zero-order valence-electron chi connectivity index (χ0n) is 12.0. The van der Waals surface area contributed by atoms with Gasteiger partial charge in [-0.2, -0.15) is 0 Å². The Labute approximate surface area is 119 Å². The molecule has 0 saturated carbocycles. The molecule has 1 amide bonds. The van der Waals surface area contributed by atoms with E-state index in [4.69, 9.17) is 9.47 Å². The molecule has 6 heteroatoms. The van der Waals surface area contributed by atoms with Gasteiger partial charge >= 0.3 is 6.01 Å². The minimum absolute atomic E-state index is 0.0226. The topological polar surface area (TPSA) is 64.5 Å². The average Bonchev–Trinajstić information content (AvgIpc) is 2.96. The number of aromatic nitrogens is 2. The highest BCUT2D eigenvalue weighted by Crippen LogP contribution is 2.19. The van der Waals surface area contributed by atoms with Crippen molar-refractivity contribution in [1.82, 2.24) is 14.9 Å². The Bertz CT molecular complexity index is 436. The number of amides is 1. The number of likely N-dealkylation sites (tertiary alicyclic amines) is 1. The fourth-order valence-electron chi connectivity index (χ4n) is 2.26. The fourth-order valence-corrected chi connectivity index (χ4v) is 2.26. The Balaban J connectivity index is 1.87. The maximum absolute atomic E-state index is 12.3. The predicted molar refractivity (Wildman–Crippen MR) is 73.7 cm³/mol. The van der Waals surface area contributed by atoms with E-state index in [0.29, 0.717) is 11.5 Å². The van der Waals surface area contributed by atoms with Crippen molar-refractivity contribution in [3.05, 3.63) is 18.0 Å². The molecule has 0 N–H and O–H groups in total. The molecule has 1 fully saturated rings. The van der Waals surface area contributed by atoms with Crippen molar-refractivity contribution in [2.24, 2.45) is 5.92 Å². The van der Waals surface area contributed by atoms with Crippen LogP contribution in [0.2, 0.25) is 0 Å². The molecule has 1 saturated heterocycles. The SMILES string of the molecule is CCCOC[C@H]1CCN(C(=O)c2cnc(OC)nc2)C1. The van der Waals surface area contributed by atoms with Crippen LogP contribution in [0.15, 0.2) is 12.4 Å². The molecule has 1 atom stereocenters. The second-order valence-electron chi connectivity index (χ2n) is 4.94. The lowest BCUT2D eigenvalue weighted by Crippen LogP contribution is -2.29. The van der Waals surface area contributed by atoms with E-state index >= 15 is 0 Å². The summed E-state index contributed by atoms with van der Waals surface area (Å²) in [7, 11) is 1.50. The Morgan fingerprint density at radius 3 is 2.85 bits per heavy atom. The number of methoxy groups -OCH3 is 1. The molecule has 110 valence electrons. The second-order valence-corrected chi connectivity index (χ2v) is 4.94. The van der Waals surface area contributed by atoms with Gasteiger partial charge < -0.3 is 14.4 Å². The van der Waals surface area contributed by atoms with Crippen LogP contribution in [0.25, 0.3) is 0 Å². The summed E-state index contributed by atoms with van der Waals surface area (Å²) < 4.78 is 10.4. The highest BCUT2D eigenvalue weighted by Gasteiger charge is 2.27. The molecular formula is C14H21N3O3. The third-order valence-corrected chi connectivity index (χ3v) is 3.33. The van der Waals surface area contributed by atoms with E-state index in [2.05, 4.69) is 16.9 Å². The van der Waals surface area contributed by atoms with Gasteiger partial charge in [0.1, 0.15) is 0 Å². The lowest BCUT2D eigenvalue weighted by atomic mass is 10.1. The molecule has 0 spiro atoms. The molecule has 1 aliphatic heterocycles. The normalized spacial score (nSPS) is 18.3. The van der Waals surface area contributed by atoms with E-state index in [1.54, 1.807) is 0 Å². The van der Waals surface area contributed by atoms with Crippen molar-refractivity contribution in [3.63, 3.8) is 0 Å². The van der Waals surface area contributed by atoms with Crippen LogP contribution in [-0.2, 0) is 4.74 Å². The number of nitrogens with zero attached hydrogens (tertiary/aromatic N) is 3. The number of ether oxygens (including phenoxy) is 2. The standard InChI is InChI=1S/C14H21N3O3/c1-3-6-20-10-11-4-5-17(9-11)13(18)12-7-15-14(19-2)16-8-12/h7-8,11H,3-6,9-10H2,1-2H3/t11-/m0/s1. The third-order valence-electron chi connectivity index (χ3n) is 3.33. The van der Waals surface area contributed by atoms with Gasteiger partial charge in [-0.05, 0) is 12.8 Å². The summed E-state index contributed by atoms with van der Waals surface area (Å²) in [6.07, 6.45) is 5.04. The van der Waals surface area contributed by atoms with Crippen LogP contribution in [0, 0.1) is 5.92 Å². The van der Waals surface area contributed by atoms with Gasteiger partial charge in [0.25, 0.3) is 5.91 Å². The molecule has 2 heterocycles. The molecule has 1 aromatic heterocycles. The monoisotopic (exact) mass is 279 g/mol. The first kappa shape index (κ1) is 14.7. The van der Waals surface area contributed by atoms with Gasteiger partial charge in [0.05, 0.1) is 19.3 Å². The number of hydrogen-bond donors (Lipinski definition) is 0. The maximum Gasteiger partial charge on any atom is 0.316 e. The van der Waals surface area contributed by atoms with Crippen molar-refractivity contribution in [1.29, 1.82) is 0 Å². The minimum Gasteiger partial charge on any atom is -0.467 e.